The number of aromatic hydroxyl groups is 2. The van der Waals surface area contributed by atoms with E-state index in [1.165, 1.54) is 111 Å². The van der Waals surface area contributed by atoms with E-state index in [9.17, 15) is 81.3 Å². The number of phenols is 2. The fraction of sp³-hybridized carbons (Fsp3) is 0.0571. The quantitative estimate of drug-likeness (QED) is 0.00558. The summed E-state index contributed by atoms with van der Waals surface area (Å²) in [4.78, 5) is 50.5. The predicted octanol–water partition coefficient (Wildman–Crippen LogP) is -2.66. The van der Waals surface area contributed by atoms with Crippen LogP contribution in [0.2, 0.25) is 5.02 Å². The number of nitrogens with zero attached hydrogens (tertiary/aromatic N) is 2. The first-order valence-electron chi connectivity index (χ1n) is 32.3. The van der Waals surface area contributed by atoms with Crippen LogP contribution in [0.5, 0.6) is 11.5 Å². The Hall–Kier alpha value is -6.25. The fourth-order valence-corrected chi connectivity index (χ4v) is 15.7. The molecule has 9 aromatic rings. The zero-order valence-electron chi connectivity index (χ0n) is 63.2. The molecule has 0 aliphatic heterocycles. The number of amides is 4. The molecule has 0 fully saturated rings. The Kier molecular flexibility index (Phi) is 43.4. The predicted molar refractivity (Wildman–Crippen MR) is 470 cm³/mol. The van der Waals surface area contributed by atoms with Gasteiger partial charge >= 0.3 is 118 Å². The number of carbonyl (C=O) groups is 4. The van der Waals surface area contributed by atoms with Gasteiger partial charge in [-0.1, -0.05) is 90.5 Å². The average molecular weight is 2110 g/mol. The van der Waals surface area contributed by atoms with E-state index in [4.69, 9.17) is 60.5 Å². The number of hydrazone groups is 2. The zero-order valence-corrected chi connectivity index (χ0v) is 84.8. The van der Waals surface area contributed by atoms with Gasteiger partial charge in [-0.2, -0.15) is 10.2 Å². The molecule has 16 N–H and O–H groups in total. The van der Waals surface area contributed by atoms with Crippen LogP contribution in [-0.2, 0) is 59.7 Å². The van der Waals surface area contributed by atoms with Crippen LogP contribution >= 0.6 is 124 Å². The van der Waals surface area contributed by atoms with Gasteiger partial charge in [0.1, 0.15) is 52.0 Å². The maximum Gasteiger partial charge on any atom is 1.00 e. The third-order valence-corrected chi connectivity index (χ3v) is 22.5. The van der Waals surface area contributed by atoms with E-state index in [0.29, 0.717) is 45.4 Å². The van der Waals surface area contributed by atoms with E-state index in [1.807, 2.05) is 24.3 Å². The molecular weight excluding hydrogens is 2060 g/mol. The molecule has 0 aromatic heterocycles. The second kappa shape index (κ2) is 49.0. The standard InChI is InChI=1S/C37H32Br2N8O9S4.C33H29Br2ClN8O9S4.4Na/c1-40-36(57)43-26-12-9-22(30(17-26)59(51,52)53)6-7-23-10-13-27(18-31(23)60(54,55)56)44-37(58)47-46-35(50)32(42-25-11-8-21-4-2-3-5-24(21)16-25)34(49)45-41-19-20-14-28(38)33(48)29(39)15-20;1-37-32(54)40-22-8-4-18(26(14-22)56(48,49)50)2-3-19-5-9-23(15-27(19)57(51,52)53)41-33(55)44-43-31(47)28(39-21-10-6-20(36)7-11-21)30(46)42-38-16-17-12-24(34)29(45)25(35)13-17;;;;/h2-19,32,42,48H,1H3,(H,45,49)(H,46,50)(H2,40,43,57)(H2,44,47,58)(H,51,52,53)(H,54,55,56);2-16,28,39,45H,1H3,(H,42,46)(H,43,47)(H2,37,40,54)(H2,41,44,55)(H,48,49,50)(H,51,52,53);;;;/q;;4*+1/p-4/b7-6+,41-19+;3-2+,38-16+;;;;. The number of phenolic OH excluding ortho intramolecular Hbond substituents is 2. The summed E-state index contributed by atoms with van der Waals surface area (Å²) < 4.78 is 147. The van der Waals surface area contributed by atoms with Crippen LogP contribution in [0.1, 0.15) is 33.4 Å². The first-order chi connectivity index (χ1) is 55.1. The summed E-state index contributed by atoms with van der Waals surface area (Å²) >= 11 is 39.3. The minimum Gasteiger partial charge on any atom is -0.744 e. The van der Waals surface area contributed by atoms with E-state index in [0.717, 1.165) is 59.3 Å². The molecular formula is C70H57Br4ClN16Na4O18S8. The fourth-order valence-electron chi connectivity index (χ4n) is 9.77. The van der Waals surface area contributed by atoms with Crippen molar-refractivity contribution in [1.29, 1.82) is 0 Å². The van der Waals surface area contributed by atoms with E-state index in [-0.39, 0.29) is 195 Å². The van der Waals surface area contributed by atoms with Crippen LogP contribution in [-0.4, -0.2) is 145 Å². The molecule has 2 unspecified atom stereocenters. The molecule has 9 rings (SSSR count). The molecule has 51 heteroatoms. The van der Waals surface area contributed by atoms with Gasteiger partial charge in [-0.25, -0.2) is 44.5 Å². The maximum atomic E-state index is 13.5. The molecule has 4 amide bonds. The number of hydrazine groups is 2. The normalized spacial score (nSPS) is 11.7. The molecule has 2 atom stereocenters. The molecule has 0 radical (unpaired) electrons. The molecule has 0 aliphatic rings. The molecule has 0 bridgehead atoms. The Labute approximate surface area is 841 Å². The van der Waals surface area contributed by atoms with Gasteiger partial charge in [0.2, 0.25) is 0 Å². The summed E-state index contributed by atoms with van der Waals surface area (Å²) in [5, 5.41) is 51.1. The summed E-state index contributed by atoms with van der Waals surface area (Å²) in [6.07, 6.45) is 7.13. The van der Waals surface area contributed by atoms with Crippen LogP contribution < -0.4 is 193 Å². The largest absolute Gasteiger partial charge is 1.00 e. The van der Waals surface area contributed by atoms with Gasteiger partial charge in [0.05, 0.1) is 49.9 Å². The van der Waals surface area contributed by atoms with E-state index in [1.54, 1.807) is 30.3 Å². The van der Waals surface area contributed by atoms with Gasteiger partial charge in [0, 0.05) is 53.2 Å². The zero-order chi connectivity index (χ0) is 85.9. The van der Waals surface area contributed by atoms with Crippen LogP contribution in [0.15, 0.2) is 211 Å². The summed E-state index contributed by atoms with van der Waals surface area (Å²) in [6.45, 7) is 0. The van der Waals surface area contributed by atoms with Crippen LogP contribution in [0.25, 0.3) is 35.1 Å². The van der Waals surface area contributed by atoms with Crippen molar-refractivity contribution in [3.63, 3.8) is 0 Å². The number of hydrogen-bond acceptors (Lipinski definition) is 26. The van der Waals surface area contributed by atoms with Crippen molar-refractivity contribution in [1.82, 2.24) is 43.2 Å². The topological polar surface area (TPSA) is 531 Å². The van der Waals surface area contributed by atoms with Gasteiger partial charge in [-0.05, 0) is 266 Å². The summed E-state index contributed by atoms with van der Waals surface area (Å²) in [7, 11) is -17.3. The van der Waals surface area contributed by atoms with Crippen LogP contribution in [0, 0.1) is 0 Å². The van der Waals surface area contributed by atoms with Crippen molar-refractivity contribution < 1.29 is 200 Å². The molecule has 0 saturated carbocycles. The van der Waals surface area contributed by atoms with Gasteiger partial charge in [0.25, 0.3) is 23.6 Å². The van der Waals surface area contributed by atoms with Crippen molar-refractivity contribution in [2.75, 3.05) is 46.0 Å². The first kappa shape index (κ1) is 107. The Morgan fingerprint density at radius 2 is 0.678 bits per heavy atom. The van der Waals surface area contributed by atoms with Crippen molar-refractivity contribution >= 4 is 290 Å². The molecule has 121 heavy (non-hydrogen) atoms. The number of carbonyl (C=O) groups excluding carboxylic acids is 4. The third-order valence-electron chi connectivity index (χ3n) is 15.2. The van der Waals surface area contributed by atoms with Crippen molar-refractivity contribution in [3.05, 3.63) is 220 Å². The van der Waals surface area contributed by atoms with E-state index in [2.05, 4.69) is 149 Å². The number of anilines is 6. The number of halogens is 5. The molecule has 0 heterocycles. The van der Waals surface area contributed by atoms with E-state index < -0.39 is 95.8 Å². The van der Waals surface area contributed by atoms with Crippen LogP contribution in [0.4, 0.5) is 34.1 Å². The number of nitrogens with one attached hydrogen (secondary N) is 14. The van der Waals surface area contributed by atoms with E-state index >= 15 is 0 Å². The average Bonchev–Trinajstić information content (AvgIpc) is 0.806. The van der Waals surface area contributed by atoms with Gasteiger partial charge in [-0.3, -0.25) is 40.9 Å². The van der Waals surface area contributed by atoms with Crippen molar-refractivity contribution in [2.24, 2.45) is 10.2 Å². The minimum absolute atomic E-state index is 0. The smallest absolute Gasteiger partial charge is 0.744 e. The summed E-state index contributed by atoms with van der Waals surface area (Å²) in [6, 6.07) is 36.2. The number of rotatable bonds is 24. The first-order valence-corrected chi connectivity index (χ1v) is 43.2. The van der Waals surface area contributed by atoms with Crippen molar-refractivity contribution in [2.45, 2.75) is 31.7 Å². The Bertz CT molecular complexity index is 6020. The number of benzene rings is 9. The molecule has 0 spiro atoms. The maximum absolute atomic E-state index is 13.5. The summed E-state index contributed by atoms with van der Waals surface area (Å²) in [5.74, 6) is -3.74. The second-order valence-corrected chi connectivity index (χ2v) is 34.3. The number of hydrogen-bond donors (Lipinski definition) is 16. The Morgan fingerprint density at radius 1 is 0.388 bits per heavy atom. The van der Waals surface area contributed by atoms with Gasteiger partial charge in [-0.15, -0.1) is 0 Å². The molecule has 9 aromatic carbocycles. The molecule has 0 saturated heterocycles. The Morgan fingerprint density at radius 3 is 0.992 bits per heavy atom. The monoisotopic (exact) mass is 2110 g/mol. The Balaban J connectivity index is 0.000000493. The minimum atomic E-state index is -5.15. The van der Waals surface area contributed by atoms with Crippen LogP contribution in [0.3, 0.4) is 0 Å². The van der Waals surface area contributed by atoms with Gasteiger partial charge < -0.3 is 71.0 Å². The molecule has 34 nitrogen and oxygen atoms in total. The summed E-state index contributed by atoms with van der Waals surface area (Å²) in [5.41, 5.74) is 15.5. The second-order valence-electron chi connectivity index (χ2n) is 23.4. The number of fused-ring (bicyclic) bond motifs is 1. The third kappa shape index (κ3) is 32.9. The molecule has 0 aliphatic carbocycles. The molecule has 612 valence electrons. The van der Waals surface area contributed by atoms with Crippen molar-refractivity contribution in [3.8, 4) is 11.5 Å². The van der Waals surface area contributed by atoms with Gasteiger partial charge in [0.15, 0.2) is 32.5 Å². The SMILES string of the molecule is CNC(=S)Nc1ccc(/C=C/c2ccc(NC(=S)NNC(=O)C(Nc3ccc(Cl)cc3)C(=O)N/N=C/c3cc(Br)c(O)c(Br)c3)cc2S(=O)(=O)[O-])c(S(=O)(=O)[O-])c1.CNC(=S)Nc1ccc(/C=C/c2ccc(NC(=S)NNC(=O)C(Nc3ccc4ccccc4c3)C(=O)N/N=C/c3cc(Br)c(O)c(Br)c3)cc2S(=O)(=O)[O-])c(S(=O)(=O)[O-])c1.[Na+].[Na+].[Na+].[Na+]. The number of thiocarbonyl (C=S) groups is 4.